The Hall–Kier alpha value is -3.43. The van der Waals surface area contributed by atoms with Gasteiger partial charge in [0.15, 0.2) is 0 Å². The zero-order valence-corrected chi connectivity index (χ0v) is 17.9. The van der Waals surface area contributed by atoms with E-state index < -0.39 is 0 Å². The number of nitrogens with one attached hydrogen (secondary N) is 1. The molecule has 1 amide bonds. The third-order valence-corrected chi connectivity index (χ3v) is 5.98. The van der Waals surface area contributed by atoms with Crippen molar-refractivity contribution in [1.82, 2.24) is 9.47 Å². The van der Waals surface area contributed by atoms with Crippen molar-refractivity contribution in [3.05, 3.63) is 54.1 Å². The van der Waals surface area contributed by atoms with Gasteiger partial charge < -0.3 is 9.88 Å². The molecule has 0 aliphatic carbocycles. The molecule has 1 aliphatic heterocycles. The predicted octanol–water partition coefficient (Wildman–Crippen LogP) is 4.26. The lowest BCUT2D eigenvalue weighted by molar-refractivity contribution is -0.122. The van der Waals surface area contributed by atoms with Gasteiger partial charge in [-0.3, -0.25) is 14.5 Å². The quantitative estimate of drug-likeness (QED) is 0.612. The van der Waals surface area contributed by atoms with E-state index >= 15 is 0 Å². The summed E-state index contributed by atoms with van der Waals surface area (Å²) in [6, 6.07) is 16.0. The minimum atomic E-state index is -0.383. The Bertz CT molecular complexity index is 1230. The molecule has 6 heteroatoms. The fraction of sp³-hybridized carbons (Fsp3) is 0.320. The van der Waals surface area contributed by atoms with Gasteiger partial charge in [0.2, 0.25) is 5.91 Å². The average Bonchev–Trinajstić information content (AvgIpc) is 3.31. The van der Waals surface area contributed by atoms with Crippen molar-refractivity contribution < 1.29 is 9.59 Å². The van der Waals surface area contributed by atoms with Gasteiger partial charge in [0.25, 0.3) is 0 Å². The Kier molecular flexibility index (Phi) is 5.88. The van der Waals surface area contributed by atoms with E-state index in [1.807, 2.05) is 29.2 Å². The van der Waals surface area contributed by atoms with E-state index in [2.05, 4.69) is 41.1 Å². The molecule has 4 rings (SSSR count). The Balaban J connectivity index is 1.61. The number of aromatic nitrogens is 1. The third-order valence-electron chi connectivity index (χ3n) is 5.98. The highest BCUT2D eigenvalue weighted by Gasteiger charge is 2.33. The van der Waals surface area contributed by atoms with Gasteiger partial charge in [0, 0.05) is 59.6 Å². The van der Waals surface area contributed by atoms with Crippen molar-refractivity contribution in [2.45, 2.75) is 39.3 Å². The number of likely N-dealkylation sites (tertiary alicyclic amines) is 1. The highest BCUT2D eigenvalue weighted by molar-refractivity contribution is 6.10. The van der Waals surface area contributed by atoms with Crippen LogP contribution in [0.15, 0.2) is 54.1 Å². The van der Waals surface area contributed by atoms with E-state index in [4.69, 9.17) is 5.26 Å². The van der Waals surface area contributed by atoms with Crippen LogP contribution in [-0.4, -0.2) is 40.3 Å². The van der Waals surface area contributed by atoms with E-state index in [0.29, 0.717) is 25.9 Å². The number of aryl methyl sites for hydroxylation is 1. The lowest BCUT2D eigenvalue weighted by Crippen LogP contribution is -2.40. The second kappa shape index (κ2) is 8.75. The second-order valence-electron chi connectivity index (χ2n) is 8.06. The number of hydrogen-bond donors (Lipinski definition) is 1. The summed E-state index contributed by atoms with van der Waals surface area (Å²) in [5, 5.41) is 14.3. The number of allylic oxidation sites excluding steroid dienone is 1. The molecule has 31 heavy (non-hydrogen) atoms. The summed E-state index contributed by atoms with van der Waals surface area (Å²) in [4.78, 5) is 26.6. The molecular formula is C25H26N4O2. The maximum atomic E-state index is 13.1. The number of Topliss-reactive ketones (excluding diaryl/α,β-unsaturated/α-hetero) is 1. The number of hydrogen-bond acceptors (Lipinski definition) is 4. The van der Waals surface area contributed by atoms with Crippen molar-refractivity contribution in [2.75, 3.05) is 18.4 Å². The minimum Gasteiger partial charge on any atom is -0.341 e. The van der Waals surface area contributed by atoms with Crippen molar-refractivity contribution >= 4 is 39.2 Å². The number of benzene rings is 2. The van der Waals surface area contributed by atoms with Crippen LogP contribution >= 0.6 is 0 Å². The predicted molar refractivity (Wildman–Crippen MR) is 123 cm³/mol. The normalized spacial score (nSPS) is 18.0. The van der Waals surface area contributed by atoms with Crippen LogP contribution in [0.3, 0.4) is 0 Å². The smallest absolute Gasteiger partial charge is 0.242 e. The number of nitrogens with zero attached hydrogens (tertiary/aromatic N) is 3. The number of ketones is 1. The first-order valence-corrected chi connectivity index (χ1v) is 10.6. The molecule has 0 unspecified atom stereocenters. The first-order chi connectivity index (χ1) is 15.0. The highest BCUT2D eigenvalue weighted by atomic mass is 16.2. The summed E-state index contributed by atoms with van der Waals surface area (Å²) in [7, 11) is 0. The number of carbonyl (C=O) groups is 2. The minimum absolute atomic E-state index is 0.0923. The van der Waals surface area contributed by atoms with Crippen molar-refractivity contribution in [3.8, 4) is 6.07 Å². The second-order valence-corrected chi connectivity index (χ2v) is 8.06. The largest absolute Gasteiger partial charge is 0.341 e. The molecule has 0 spiro atoms. The maximum Gasteiger partial charge on any atom is 0.242 e. The van der Waals surface area contributed by atoms with E-state index in [1.165, 1.54) is 17.0 Å². The first kappa shape index (κ1) is 20.8. The maximum absolute atomic E-state index is 13.1. The van der Waals surface area contributed by atoms with E-state index in [9.17, 15) is 9.59 Å². The van der Waals surface area contributed by atoms with Gasteiger partial charge >= 0.3 is 0 Å². The number of anilines is 1. The number of nitriles is 1. The van der Waals surface area contributed by atoms with Crippen LogP contribution in [0.2, 0.25) is 0 Å². The molecule has 0 saturated carbocycles. The number of fused-ring (bicyclic) bond motifs is 3. The molecule has 1 aromatic heterocycles. The van der Waals surface area contributed by atoms with Gasteiger partial charge in [-0.1, -0.05) is 18.2 Å². The molecule has 1 atom stereocenters. The zero-order valence-electron chi connectivity index (χ0n) is 17.9. The molecule has 2 heterocycles. The van der Waals surface area contributed by atoms with Gasteiger partial charge in [-0.2, -0.15) is 5.26 Å². The lowest BCUT2D eigenvalue weighted by atomic mass is 10.1. The first-order valence-electron chi connectivity index (χ1n) is 10.6. The topological polar surface area (TPSA) is 78.1 Å². The Morgan fingerprint density at radius 3 is 2.71 bits per heavy atom. The van der Waals surface area contributed by atoms with Crippen LogP contribution in [0.5, 0.6) is 0 Å². The highest BCUT2D eigenvalue weighted by Crippen LogP contribution is 2.31. The molecule has 1 fully saturated rings. The molecule has 158 valence electrons. The van der Waals surface area contributed by atoms with Crippen LogP contribution < -0.4 is 5.32 Å². The number of para-hydroxylation sites is 1. The molecule has 1 N–H and O–H groups in total. The monoisotopic (exact) mass is 414 g/mol. The van der Waals surface area contributed by atoms with E-state index in [1.54, 1.807) is 6.92 Å². The third kappa shape index (κ3) is 4.10. The van der Waals surface area contributed by atoms with Crippen LogP contribution in [-0.2, 0) is 16.1 Å². The van der Waals surface area contributed by atoms with Gasteiger partial charge in [-0.15, -0.1) is 0 Å². The van der Waals surface area contributed by atoms with Gasteiger partial charge in [0.1, 0.15) is 5.78 Å². The van der Waals surface area contributed by atoms with Crippen molar-refractivity contribution in [3.63, 3.8) is 0 Å². The van der Waals surface area contributed by atoms with Crippen LogP contribution in [0.25, 0.3) is 21.8 Å². The molecule has 2 aromatic carbocycles. The molecule has 0 radical (unpaired) electrons. The molecule has 6 nitrogen and oxygen atoms in total. The molecular weight excluding hydrogens is 388 g/mol. The van der Waals surface area contributed by atoms with Crippen molar-refractivity contribution in [2.24, 2.45) is 0 Å². The van der Waals surface area contributed by atoms with E-state index in [-0.39, 0.29) is 17.7 Å². The summed E-state index contributed by atoms with van der Waals surface area (Å²) in [6.45, 7) is 5.61. The molecule has 1 saturated heterocycles. The van der Waals surface area contributed by atoms with Crippen LogP contribution in [0, 0.1) is 11.3 Å². The Labute approximate surface area is 181 Å². The van der Waals surface area contributed by atoms with Crippen LogP contribution in [0.4, 0.5) is 5.69 Å². The summed E-state index contributed by atoms with van der Waals surface area (Å²) in [5.74, 6) is -0.0156. The van der Waals surface area contributed by atoms with E-state index in [0.717, 1.165) is 28.7 Å². The average molecular weight is 415 g/mol. The Morgan fingerprint density at radius 2 is 1.97 bits per heavy atom. The number of carbonyl (C=O) groups excluding carboxylic acids is 2. The standard InChI is InChI=1S/C25H26N4O2/c1-3-29-22-7-5-4-6-20(22)21-15-19(8-9-23(21)29)27-25(31)24-14-18(10-12-26)16-28(24)13-11-17(2)30/h4-10,15,24H,3,11,13-14,16H2,1-2H3,(H,27,31)/b18-10+/t24-/m0/s1. The van der Waals surface area contributed by atoms with Gasteiger partial charge in [-0.05, 0) is 50.1 Å². The summed E-state index contributed by atoms with van der Waals surface area (Å²) in [6.07, 6.45) is 2.42. The summed E-state index contributed by atoms with van der Waals surface area (Å²) < 4.78 is 2.27. The molecule has 1 aliphatic rings. The SMILES string of the molecule is CCn1c2ccccc2c2cc(NC(=O)[C@@H]3C/C(=C\C#N)CN3CCC(C)=O)ccc21. The fourth-order valence-electron chi connectivity index (χ4n) is 4.50. The number of rotatable bonds is 6. The zero-order chi connectivity index (χ0) is 22.0. The van der Waals surface area contributed by atoms with Gasteiger partial charge in [-0.25, -0.2) is 0 Å². The van der Waals surface area contributed by atoms with Crippen molar-refractivity contribution in [1.29, 1.82) is 5.26 Å². The Morgan fingerprint density at radius 1 is 1.19 bits per heavy atom. The summed E-state index contributed by atoms with van der Waals surface area (Å²) >= 11 is 0. The van der Waals surface area contributed by atoms with Gasteiger partial charge in [0.05, 0.1) is 12.1 Å². The lowest BCUT2D eigenvalue weighted by Gasteiger charge is -2.22. The summed E-state index contributed by atoms with van der Waals surface area (Å²) in [5.41, 5.74) is 4.00. The molecule has 3 aromatic rings. The fourth-order valence-corrected chi connectivity index (χ4v) is 4.50. The van der Waals surface area contributed by atoms with Crippen LogP contribution in [0.1, 0.15) is 26.7 Å². The number of amides is 1. The molecule has 0 bridgehead atoms.